The Morgan fingerprint density at radius 3 is 2.00 bits per heavy atom. The van der Waals surface area contributed by atoms with E-state index in [9.17, 15) is 25.0 Å². The predicted octanol–water partition coefficient (Wildman–Crippen LogP) is 2.71. The molecular weight excluding hydrogens is 356 g/mol. The van der Waals surface area contributed by atoms with Crippen LogP contribution in [0.15, 0.2) is 58.7 Å². The Labute approximate surface area is 152 Å². The molecule has 11 heteroatoms. The Bertz CT molecular complexity index is 906. The molecule has 0 bridgehead atoms. The van der Waals surface area contributed by atoms with Crippen LogP contribution in [0.3, 0.4) is 0 Å². The highest BCUT2D eigenvalue weighted by Gasteiger charge is 2.08. The van der Waals surface area contributed by atoms with Crippen LogP contribution in [0.4, 0.5) is 17.1 Å². The SMILES string of the molecule is CC(/C=N/Nc1ccc([N+](=O)[O-])cc1)=N\NC(=O)c1ccc([N+](=O)[O-])cc1. The molecule has 0 heterocycles. The summed E-state index contributed by atoms with van der Waals surface area (Å²) < 4.78 is 0. The van der Waals surface area contributed by atoms with Gasteiger partial charge in [-0.25, -0.2) is 5.43 Å². The third-order valence-electron chi connectivity index (χ3n) is 3.20. The number of carbonyl (C=O) groups is 1. The van der Waals surface area contributed by atoms with E-state index < -0.39 is 15.8 Å². The summed E-state index contributed by atoms with van der Waals surface area (Å²) in [5.41, 5.74) is 5.96. The quantitative estimate of drug-likeness (QED) is 0.434. The molecule has 0 aliphatic rings. The standard InChI is InChI=1S/C16H14N6O5/c1-11(10-17-19-13-4-8-15(9-5-13)22(26)27)18-20-16(23)12-2-6-14(7-3-12)21(24)25/h2-10,19H,1H3,(H,20,23)/b17-10+,18-11+. The molecule has 1 amide bonds. The molecule has 2 aromatic rings. The molecule has 0 aromatic heterocycles. The van der Waals surface area contributed by atoms with Crippen molar-refractivity contribution < 1.29 is 14.6 Å². The number of amides is 1. The van der Waals surface area contributed by atoms with Gasteiger partial charge in [0, 0.05) is 29.8 Å². The molecule has 0 atom stereocenters. The third kappa shape index (κ3) is 5.70. The Kier molecular flexibility index (Phi) is 6.25. The summed E-state index contributed by atoms with van der Waals surface area (Å²) >= 11 is 0. The molecule has 0 saturated heterocycles. The van der Waals surface area contributed by atoms with Crippen LogP contribution >= 0.6 is 0 Å². The normalized spacial score (nSPS) is 11.2. The van der Waals surface area contributed by atoms with Crippen LogP contribution in [0.1, 0.15) is 17.3 Å². The van der Waals surface area contributed by atoms with E-state index in [-0.39, 0.29) is 16.9 Å². The van der Waals surface area contributed by atoms with Crippen molar-refractivity contribution in [3.05, 3.63) is 74.3 Å². The van der Waals surface area contributed by atoms with Gasteiger partial charge in [-0.15, -0.1) is 0 Å². The monoisotopic (exact) mass is 370 g/mol. The first kappa shape index (κ1) is 19.2. The number of nitrogens with zero attached hydrogens (tertiary/aromatic N) is 4. The zero-order valence-electron chi connectivity index (χ0n) is 14.0. The zero-order chi connectivity index (χ0) is 19.8. The molecule has 138 valence electrons. The Hall–Kier alpha value is -4.15. The third-order valence-corrected chi connectivity index (χ3v) is 3.20. The topological polar surface area (TPSA) is 152 Å². The zero-order valence-corrected chi connectivity index (χ0v) is 14.0. The molecule has 0 radical (unpaired) electrons. The van der Waals surface area contributed by atoms with E-state index in [1.165, 1.54) is 54.7 Å². The molecule has 2 rings (SSSR count). The van der Waals surface area contributed by atoms with Crippen LogP contribution in [0.25, 0.3) is 0 Å². The molecule has 0 saturated carbocycles. The van der Waals surface area contributed by atoms with Crippen molar-refractivity contribution in [1.82, 2.24) is 5.43 Å². The molecule has 0 aliphatic carbocycles. The van der Waals surface area contributed by atoms with Gasteiger partial charge >= 0.3 is 0 Å². The highest BCUT2D eigenvalue weighted by atomic mass is 16.6. The van der Waals surface area contributed by atoms with Gasteiger partial charge in [0.1, 0.15) is 0 Å². The minimum Gasteiger partial charge on any atom is -0.278 e. The van der Waals surface area contributed by atoms with E-state index in [4.69, 9.17) is 0 Å². The highest BCUT2D eigenvalue weighted by Crippen LogP contribution is 2.15. The van der Waals surface area contributed by atoms with Crippen molar-refractivity contribution in [2.45, 2.75) is 6.92 Å². The smallest absolute Gasteiger partial charge is 0.271 e. The molecule has 0 spiro atoms. The Morgan fingerprint density at radius 1 is 0.963 bits per heavy atom. The molecule has 11 nitrogen and oxygen atoms in total. The van der Waals surface area contributed by atoms with Gasteiger partial charge in [0.25, 0.3) is 17.3 Å². The first-order valence-electron chi connectivity index (χ1n) is 7.49. The van der Waals surface area contributed by atoms with Crippen molar-refractivity contribution in [3.63, 3.8) is 0 Å². The summed E-state index contributed by atoms with van der Waals surface area (Å²) in [6.07, 6.45) is 1.34. The summed E-state index contributed by atoms with van der Waals surface area (Å²) in [5.74, 6) is -0.527. The number of hydrogen-bond donors (Lipinski definition) is 2. The minimum atomic E-state index is -0.557. The number of benzene rings is 2. The average Bonchev–Trinajstić information content (AvgIpc) is 2.66. The molecular formula is C16H14N6O5. The van der Waals surface area contributed by atoms with Gasteiger partial charge in [0.05, 0.1) is 27.5 Å². The summed E-state index contributed by atoms with van der Waals surface area (Å²) in [5, 5.41) is 28.9. The number of rotatable bonds is 7. The van der Waals surface area contributed by atoms with Crippen LogP contribution < -0.4 is 10.9 Å². The molecule has 2 aromatic carbocycles. The minimum absolute atomic E-state index is 0.0313. The Morgan fingerprint density at radius 2 is 1.48 bits per heavy atom. The molecule has 0 unspecified atom stereocenters. The maximum atomic E-state index is 11.9. The maximum absolute atomic E-state index is 11.9. The Balaban J connectivity index is 1.89. The number of nitrogens with one attached hydrogen (secondary N) is 2. The van der Waals surface area contributed by atoms with Gasteiger partial charge in [0.2, 0.25) is 0 Å². The van der Waals surface area contributed by atoms with Crippen molar-refractivity contribution in [2.24, 2.45) is 10.2 Å². The van der Waals surface area contributed by atoms with Crippen molar-refractivity contribution in [3.8, 4) is 0 Å². The van der Waals surface area contributed by atoms with E-state index >= 15 is 0 Å². The number of nitro groups is 2. The number of carbonyl (C=O) groups excluding carboxylic acids is 1. The molecule has 27 heavy (non-hydrogen) atoms. The first-order valence-corrected chi connectivity index (χ1v) is 7.49. The highest BCUT2D eigenvalue weighted by molar-refractivity contribution is 6.29. The van der Waals surface area contributed by atoms with E-state index in [1.54, 1.807) is 6.92 Å². The fourth-order valence-corrected chi connectivity index (χ4v) is 1.82. The fourth-order valence-electron chi connectivity index (χ4n) is 1.82. The second kappa shape index (κ2) is 8.80. The van der Waals surface area contributed by atoms with Crippen LogP contribution in [0.2, 0.25) is 0 Å². The van der Waals surface area contributed by atoms with Crippen LogP contribution in [0, 0.1) is 20.2 Å². The number of hydrogen-bond acceptors (Lipinski definition) is 8. The predicted molar refractivity (Wildman–Crippen MR) is 98.9 cm³/mol. The van der Waals surface area contributed by atoms with Gasteiger partial charge in [-0.2, -0.15) is 10.2 Å². The lowest BCUT2D eigenvalue weighted by molar-refractivity contribution is -0.385. The fraction of sp³-hybridized carbons (Fsp3) is 0.0625. The average molecular weight is 370 g/mol. The van der Waals surface area contributed by atoms with Gasteiger partial charge in [-0.05, 0) is 31.2 Å². The van der Waals surface area contributed by atoms with Crippen LogP contribution in [0.5, 0.6) is 0 Å². The van der Waals surface area contributed by atoms with E-state index in [1.807, 2.05) is 0 Å². The number of non-ortho nitro benzene ring substituents is 2. The van der Waals surface area contributed by atoms with E-state index in [0.717, 1.165) is 0 Å². The molecule has 0 fully saturated rings. The largest absolute Gasteiger partial charge is 0.278 e. The van der Waals surface area contributed by atoms with Gasteiger partial charge in [0.15, 0.2) is 0 Å². The summed E-state index contributed by atoms with van der Waals surface area (Å²) in [6.45, 7) is 1.59. The maximum Gasteiger partial charge on any atom is 0.271 e. The van der Waals surface area contributed by atoms with Gasteiger partial charge in [-0.1, -0.05) is 0 Å². The lowest BCUT2D eigenvalue weighted by Gasteiger charge is -2.01. The summed E-state index contributed by atoms with van der Waals surface area (Å²) in [6, 6.07) is 10.8. The van der Waals surface area contributed by atoms with E-state index in [0.29, 0.717) is 11.4 Å². The second-order valence-electron chi connectivity index (χ2n) is 5.17. The number of hydrazone groups is 2. The lowest BCUT2D eigenvalue weighted by Crippen LogP contribution is -2.19. The molecule has 2 N–H and O–H groups in total. The summed E-state index contributed by atoms with van der Waals surface area (Å²) in [7, 11) is 0. The van der Waals surface area contributed by atoms with Crippen LogP contribution in [-0.2, 0) is 0 Å². The van der Waals surface area contributed by atoms with Crippen molar-refractivity contribution >= 4 is 34.9 Å². The number of anilines is 1. The second-order valence-corrected chi connectivity index (χ2v) is 5.17. The van der Waals surface area contributed by atoms with Crippen molar-refractivity contribution in [1.29, 1.82) is 0 Å². The molecule has 0 aliphatic heterocycles. The lowest BCUT2D eigenvalue weighted by atomic mass is 10.2. The van der Waals surface area contributed by atoms with Gasteiger partial charge < -0.3 is 0 Å². The van der Waals surface area contributed by atoms with Gasteiger partial charge in [-0.3, -0.25) is 30.4 Å². The summed E-state index contributed by atoms with van der Waals surface area (Å²) in [4.78, 5) is 32.0. The first-order chi connectivity index (χ1) is 12.9. The van der Waals surface area contributed by atoms with Crippen molar-refractivity contribution in [2.75, 3.05) is 5.43 Å². The van der Waals surface area contributed by atoms with Crippen LogP contribution in [-0.4, -0.2) is 27.7 Å². The number of nitro benzene ring substituents is 2. The van der Waals surface area contributed by atoms with E-state index in [2.05, 4.69) is 21.1 Å².